The van der Waals surface area contributed by atoms with Crippen molar-refractivity contribution < 1.29 is 29.3 Å². The van der Waals surface area contributed by atoms with Gasteiger partial charge in [-0.15, -0.1) is 0 Å². The molecule has 1 saturated carbocycles. The predicted octanol–water partition coefficient (Wildman–Crippen LogP) is 1.45. The molecule has 3 rings (SSSR count). The summed E-state index contributed by atoms with van der Waals surface area (Å²) in [5.41, 5.74) is 2.38. The fourth-order valence-corrected chi connectivity index (χ4v) is 3.90. The third-order valence-electron chi connectivity index (χ3n) is 5.48. The molecule has 0 aromatic rings. The normalized spacial score (nSPS) is 36.0. The minimum Gasteiger partial charge on any atom is -0.458 e. The number of hydrogen-bond acceptors (Lipinski definition) is 6. The van der Waals surface area contributed by atoms with Gasteiger partial charge in [-0.1, -0.05) is 24.3 Å². The fraction of sp³-hybridized carbons (Fsp3) is 0.500. The molecular formula is C20H24O6. The summed E-state index contributed by atoms with van der Waals surface area (Å²) in [5, 5.41) is 18.3. The molecule has 0 radical (unpaired) electrons. The maximum absolute atomic E-state index is 12.4. The molecule has 1 heterocycles. The van der Waals surface area contributed by atoms with E-state index in [2.05, 4.69) is 13.2 Å². The summed E-state index contributed by atoms with van der Waals surface area (Å²) in [6, 6.07) is 0. The molecule has 6 heteroatoms. The molecule has 26 heavy (non-hydrogen) atoms. The van der Waals surface area contributed by atoms with Gasteiger partial charge < -0.3 is 19.7 Å². The van der Waals surface area contributed by atoms with Crippen LogP contribution < -0.4 is 0 Å². The largest absolute Gasteiger partial charge is 0.458 e. The molecular weight excluding hydrogens is 336 g/mol. The number of aliphatic hydroxyl groups excluding tert-OH is 2. The molecule has 6 nitrogen and oxygen atoms in total. The number of hydrogen-bond donors (Lipinski definition) is 2. The minimum atomic E-state index is -0.724. The smallest absolute Gasteiger partial charge is 0.336 e. The molecule has 5 atom stereocenters. The average molecular weight is 360 g/mol. The van der Waals surface area contributed by atoms with Gasteiger partial charge in [0.05, 0.1) is 24.7 Å². The zero-order valence-corrected chi connectivity index (χ0v) is 14.8. The van der Waals surface area contributed by atoms with E-state index in [-0.39, 0.29) is 17.8 Å². The van der Waals surface area contributed by atoms with Crippen molar-refractivity contribution in [1.82, 2.24) is 0 Å². The van der Waals surface area contributed by atoms with Gasteiger partial charge in [0.2, 0.25) is 0 Å². The third kappa shape index (κ3) is 3.39. The van der Waals surface area contributed by atoms with Crippen LogP contribution in [0.2, 0.25) is 0 Å². The molecule has 0 bridgehead atoms. The topological polar surface area (TPSA) is 93.1 Å². The van der Waals surface area contributed by atoms with Crippen molar-refractivity contribution >= 4 is 11.9 Å². The second-order valence-electron chi connectivity index (χ2n) is 7.16. The predicted molar refractivity (Wildman–Crippen MR) is 93.8 cm³/mol. The Hall–Kier alpha value is -2.18. The van der Waals surface area contributed by atoms with Crippen LogP contribution in [0, 0.1) is 17.8 Å². The lowest BCUT2D eigenvalue weighted by molar-refractivity contribution is -0.147. The van der Waals surface area contributed by atoms with Gasteiger partial charge >= 0.3 is 11.9 Å². The molecule has 140 valence electrons. The van der Waals surface area contributed by atoms with E-state index >= 15 is 0 Å². The highest BCUT2D eigenvalue weighted by molar-refractivity contribution is 5.92. The first-order valence-corrected chi connectivity index (χ1v) is 8.74. The fourth-order valence-electron chi connectivity index (χ4n) is 3.90. The van der Waals surface area contributed by atoms with Crippen molar-refractivity contribution in [2.75, 3.05) is 13.2 Å². The molecule has 3 aliphatic rings. The molecule has 1 aliphatic heterocycles. The molecule has 0 unspecified atom stereocenters. The zero-order valence-electron chi connectivity index (χ0n) is 14.8. The molecule has 0 aromatic carbocycles. The van der Waals surface area contributed by atoms with Crippen molar-refractivity contribution in [2.45, 2.75) is 32.0 Å². The minimum absolute atomic E-state index is 0.0265. The number of ether oxygens (including phenoxy) is 2. The van der Waals surface area contributed by atoms with E-state index in [0.29, 0.717) is 18.3 Å². The first-order valence-electron chi connectivity index (χ1n) is 8.74. The van der Waals surface area contributed by atoms with E-state index in [1.54, 1.807) is 0 Å². The lowest BCUT2D eigenvalue weighted by atomic mass is 9.87. The molecule has 2 aliphatic carbocycles. The zero-order chi connectivity index (χ0) is 19.0. The summed E-state index contributed by atoms with van der Waals surface area (Å²) < 4.78 is 11.1. The van der Waals surface area contributed by atoms with Gasteiger partial charge in [0.1, 0.15) is 12.2 Å². The van der Waals surface area contributed by atoms with Crippen LogP contribution in [0.4, 0.5) is 0 Å². The lowest BCUT2D eigenvalue weighted by Crippen LogP contribution is -2.34. The van der Waals surface area contributed by atoms with Crippen LogP contribution in [-0.4, -0.2) is 47.6 Å². The highest BCUT2D eigenvalue weighted by Crippen LogP contribution is 2.52. The van der Waals surface area contributed by atoms with Crippen LogP contribution in [0.5, 0.6) is 0 Å². The Labute approximate surface area is 152 Å². The van der Waals surface area contributed by atoms with E-state index < -0.39 is 36.7 Å². The molecule has 0 aromatic heterocycles. The summed E-state index contributed by atoms with van der Waals surface area (Å²) in [5.74, 6) is -0.966. The summed E-state index contributed by atoms with van der Waals surface area (Å²) in [4.78, 5) is 24.5. The van der Waals surface area contributed by atoms with Gasteiger partial charge in [-0.2, -0.15) is 0 Å². The maximum Gasteiger partial charge on any atom is 0.336 e. The third-order valence-corrected chi connectivity index (χ3v) is 5.48. The number of carbonyl (C=O) groups is 2. The van der Waals surface area contributed by atoms with E-state index in [0.717, 1.165) is 17.6 Å². The summed E-state index contributed by atoms with van der Waals surface area (Å²) in [6.45, 7) is 9.08. The number of esters is 2. The van der Waals surface area contributed by atoms with Crippen molar-refractivity contribution in [3.05, 3.63) is 47.6 Å². The Morgan fingerprint density at radius 1 is 1.38 bits per heavy atom. The Morgan fingerprint density at radius 2 is 2.12 bits per heavy atom. The first kappa shape index (κ1) is 18.6. The van der Waals surface area contributed by atoms with Crippen molar-refractivity contribution in [1.29, 1.82) is 0 Å². The van der Waals surface area contributed by atoms with Gasteiger partial charge in [0, 0.05) is 12.0 Å². The maximum atomic E-state index is 12.4. The van der Waals surface area contributed by atoms with Gasteiger partial charge in [-0.25, -0.2) is 9.59 Å². The standard InChI is InChI=1S/C20H24O6/c1-10-6-16-18(12(3)19(23)25-16)17(7-11(2)15-8-14(10)15)26-20(24)13(9-22)4-5-21/h4,6,14-18,21-22H,2-3,5,7-9H2,1H3/b10-6-,13-4+/t14-,15+,16+,17+,18-/m0/s1. The Morgan fingerprint density at radius 3 is 2.77 bits per heavy atom. The van der Waals surface area contributed by atoms with Crippen LogP contribution in [0.3, 0.4) is 0 Å². The summed E-state index contributed by atoms with van der Waals surface area (Å²) in [6.07, 6.45) is 3.34. The van der Waals surface area contributed by atoms with Gasteiger partial charge in [-0.05, 0) is 37.3 Å². The van der Waals surface area contributed by atoms with Crippen molar-refractivity contribution in [3.8, 4) is 0 Å². The van der Waals surface area contributed by atoms with E-state index in [4.69, 9.17) is 14.6 Å². The van der Waals surface area contributed by atoms with Crippen LogP contribution >= 0.6 is 0 Å². The molecule has 2 fully saturated rings. The highest BCUT2D eigenvalue weighted by Gasteiger charge is 2.49. The SMILES string of the molecule is C=C1C(=O)O[C@@H]2/C=C(/C)[C@@H]3C[C@@H]3C(=C)C[C@@H](OC(=O)/C(=C/CO)CO)[C@@H]12. The van der Waals surface area contributed by atoms with E-state index in [1.807, 2.05) is 13.0 Å². The summed E-state index contributed by atoms with van der Waals surface area (Å²) >= 11 is 0. The molecule has 0 spiro atoms. The number of allylic oxidation sites excluding steroid dienone is 1. The average Bonchev–Trinajstić information content (AvgIpc) is 3.34. The molecule has 0 amide bonds. The molecule has 2 N–H and O–H groups in total. The second-order valence-corrected chi connectivity index (χ2v) is 7.16. The van der Waals surface area contributed by atoms with Crippen LogP contribution in [0.25, 0.3) is 0 Å². The Bertz CT molecular complexity index is 716. The Kier molecular flexibility index (Phi) is 5.16. The number of rotatable bonds is 4. The monoisotopic (exact) mass is 360 g/mol. The van der Waals surface area contributed by atoms with Gasteiger partial charge in [0.15, 0.2) is 0 Å². The van der Waals surface area contributed by atoms with Gasteiger partial charge in [-0.3, -0.25) is 0 Å². The number of aliphatic hydroxyl groups is 2. The van der Waals surface area contributed by atoms with Crippen molar-refractivity contribution in [2.24, 2.45) is 17.8 Å². The van der Waals surface area contributed by atoms with Crippen molar-refractivity contribution in [3.63, 3.8) is 0 Å². The van der Waals surface area contributed by atoms with E-state index in [1.165, 1.54) is 6.08 Å². The number of fused-ring (bicyclic) bond motifs is 2. The highest BCUT2D eigenvalue weighted by atomic mass is 16.6. The Balaban J connectivity index is 1.91. The summed E-state index contributed by atoms with van der Waals surface area (Å²) in [7, 11) is 0. The second kappa shape index (κ2) is 7.21. The van der Waals surface area contributed by atoms with E-state index in [9.17, 15) is 14.7 Å². The number of carbonyl (C=O) groups excluding carboxylic acids is 2. The van der Waals surface area contributed by atoms with Crippen LogP contribution in [0.1, 0.15) is 19.8 Å². The lowest BCUT2D eigenvalue weighted by Gasteiger charge is -2.26. The first-order chi connectivity index (χ1) is 12.4. The molecule has 1 saturated heterocycles. The van der Waals surface area contributed by atoms with Gasteiger partial charge in [0.25, 0.3) is 0 Å². The van der Waals surface area contributed by atoms with Crippen LogP contribution in [0.15, 0.2) is 47.6 Å². The quantitative estimate of drug-likeness (QED) is 0.448. The van der Waals surface area contributed by atoms with Crippen LogP contribution in [-0.2, 0) is 19.1 Å².